The lowest BCUT2D eigenvalue weighted by Gasteiger charge is -2.31. The Kier molecular flexibility index (Phi) is 14.5. The summed E-state index contributed by atoms with van der Waals surface area (Å²) in [5.41, 5.74) is 12.2. The number of aliphatic hydroxyl groups is 1. The topological polar surface area (TPSA) is 237 Å². The summed E-state index contributed by atoms with van der Waals surface area (Å²) in [6, 6.07) is 0.614. The predicted molar refractivity (Wildman–Crippen MR) is 162 cm³/mol. The normalized spacial score (nSPS) is 18.2. The van der Waals surface area contributed by atoms with E-state index in [9.17, 15) is 39.3 Å². The Balaban J connectivity index is 2.26. The molecule has 0 radical (unpaired) electrons. The van der Waals surface area contributed by atoms with Gasteiger partial charge in [0, 0.05) is 13.0 Å². The standard InChI is InChI=1S/C30H48N6O8/c1-17(2)15-23(29(42)36-14-6-8-24(36)28(41)35-25(18(3)37)30(43)44)34-27(40)22(16-19-9-11-20(38)12-10-19)33-26(39)21(32)7-4-5-13-31/h9-12,17-18,21-25,37-38H,4-8,13-16,31-32H2,1-3H3,(H,33,39)(H,34,40)(H,35,41)(H,43,44)/t18-,21+,22+,23+,24+,25+/m1/s1. The molecule has 4 amide bonds. The zero-order valence-corrected chi connectivity index (χ0v) is 25.7. The molecule has 1 aliphatic heterocycles. The van der Waals surface area contributed by atoms with Crippen molar-refractivity contribution in [2.45, 2.75) is 102 Å². The summed E-state index contributed by atoms with van der Waals surface area (Å²) < 4.78 is 0. The van der Waals surface area contributed by atoms with Crippen LogP contribution in [0, 0.1) is 5.92 Å². The van der Waals surface area contributed by atoms with Crippen LogP contribution >= 0.6 is 0 Å². The summed E-state index contributed by atoms with van der Waals surface area (Å²) in [7, 11) is 0. The maximum Gasteiger partial charge on any atom is 0.328 e. The van der Waals surface area contributed by atoms with Crippen LogP contribution in [-0.2, 0) is 30.4 Å². The molecule has 0 unspecified atom stereocenters. The number of rotatable bonds is 17. The molecule has 1 aromatic carbocycles. The molecule has 6 atom stereocenters. The number of aliphatic hydroxyl groups excluding tert-OH is 1. The second kappa shape index (κ2) is 17.5. The summed E-state index contributed by atoms with van der Waals surface area (Å²) in [5.74, 6) is -3.78. The van der Waals surface area contributed by atoms with Crippen LogP contribution in [0.15, 0.2) is 24.3 Å². The lowest BCUT2D eigenvalue weighted by atomic mass is 9.99. The van der Waals surface area contributed by atoms with Gasteiger partial charge < -0.3 is 47.6 Å². The van der Waals surface area contributed by atoms with Crippen molar-refractivity contribution in [1.29, 1.82) is 0 Å². The summed E-state index contributed by atoms with van der Waals surface area (Å²) in [5, 5.41) is 36.6. The van der Waals surface area contributed by atoms with E-state index in [1.165, 1.54) is 24.0 Å². The van der Waals surface area contributed by atoms with Gasteiger partial charge in [0.1, 0.15) is 23.9 Å². The van der Waals surface area contributed by atoms with Crippen molar-refractivity contribution in [2.24, 2.45) is 17.4 Å². The van der Waals surface area contributed by atoms with E-state index in [2.05, 4.69) is 16.0 Å². The van der Waals surface area contributed by atoms with Crippen LogP contribution in [0.5, 0.6) is 5.75 Å². The third-order valence-corrected chi connectivity index (χ3v) is 7.52. The van der Waals surface area contributed by atoms with Crippen LogP contribution in [0.25, 0.3) is 0 Å². The van der Waals surface area contributed by atoms with E-state index < -0.39 is 65.9 Å². The van der Waals surface area contributed by atoms with Crippen molar-refractivity contribution in [2.75, 3.05) is 13.1 Å². The average Bonchev–Trinajstić information content (AvgIpc) is 3.45. The Labute approximate surface area is 257 Å². The predicted octanol–water partition coefficient (Wildman–Crippen LogP) is -0.652. The number of hydrogen-bond donors (Lipinski definition) is 8. The van der Waals surface area contributed by atoms with E-state index in [0.717, 1.165) is 0 Å². The molecular formula is C30H48N6O8. The average molecular weight is 621 g/mol. The number of likely N-dealkylation sites (tertiary alicyclic amines) is 1. The first-order chi connectivity index (χ1) is 20.7. The molecule has 1 heterocycles. The van der Waals surface area contributed by atoms with E-state index in [0.29, 0.717) is 37.8 Å². The maximum atomic E-state index is 13.8. The minimum absolute atomic E-state index is 0.0353. The number of carboxylic acids is 1. The van der Waals surface area contributed by atoms with Gasteiger partial charge in [0.2, 0.25) is 23.6 Å². The summed E-state index contributed by atoms with van der Waals surface area (Å²) in [4.78, 5) is 66.2. The van der Waals surface area contributed by atoms with Crippen LogP contribution in [0.3, 0.4) is 0 Å². The van der Waals surface area contributed by atoms with Gasteiger partial charge in [-0.1, -0.05) is 32.4 Å². The van der Waals surface area contributed by atoms with Crippen LogP contribution in [0.4, 0.5) is 0 Å². The molecule has 14 nitrogen and oxygen atoms in total. The zero-order chi connectivity index (χ0) is 33.0. The molecule has 1 aromatic rings. The number of phenolic OH excluding ortho intramolecular Hbond substituents is 1. The van der Waals surface area contributed by atoms with Crippen molar-refractivity contribution >= 4 is 29.6 Å². The molecule has 246 valence electrons. The molecule has 44 heavy (non-hydrogen) atoms. The number of carbonyl (C=O) groups is 5. The second-order valence-electron chi connectivity index (χ2n) is 11.8. The van der Waals surface area contributed by atoms with Gasteiger partial charge in [-0.15, -0.1) is 0 Å². The van der Waals surface area contributed by atoms with E-state index in [1.807, 2.05) is 13.8 Å². The highest BCUT2D eigenvalue weighted by molar-refractivity contribution is 5.96. The third kappa shape index (κ3) is 11.1. The number of carboxylic acid groups (broad SMARTS) is 1. The van der Waals surface area contributed by atoms with E-state index in [4.69, 9.17) is 11.5 Å². The van der Waals surface area contributed by atoms with Crippen molar-refractivity contribution in [1.82, 2.24) is 20.9 Å². The van der Waals surface area contributed by atoms with Gasteiger partial charge in [-0.25, -0.2) is 4.79 Å². The second-order valence-corrected chi connectivity index (χ2v) is 11.8. The first kappa shape index (κ1) is 36.4. The fraction of sp³-hybridized carbons (Fsp3) is 0.633. The summed E-state index contributed by atoms with van der Waals surface area (Å²) in [6.45, 7) is 5.67. The van der Waals surface area contributed by atoms with E-state index >= 15 is 0 Å². The highest BCUT2D eigenvalue weighted by atomic mass is 16.4. The Bertz CT molecular complexity index is 1130. The van der Waals surface area contributed by atoms with Gasteiger partial charge in [0.15, 0.2) is 6.04 Å². The van der Waals surface area contributed by atoms with Gasteiger partial charge in [-0.3, -0.25) is 19.2 Å². The first-order valence-corrected chi connectivity index (χ1v) is 15.1. The molecule has 0 bridgehead atoms. The maximum absolute atomic E-state index is 13.8. The minimum Gasteiger partial charge on any atom is -0.508 e. The SMILES string of the molecule is CC(C)C[C@H](NC(=O)[C@H](Cc1ccc(O)cc1)NC(=O)[C@@H](N)CCCCN)C(=O)N1CCC[C@H]1C(=O)N[C@H](C(=O)O)[C@@H](C)O. The lowest BCUT2D eigenvalue weighted by molar-refractivity contribution is -0.147. The molecule has 1 saturated heterocycles. The number of nitrogens with two attached hydrogens (primary N) is 2. The Morgan fingerprint density at radius 3 is 2.18 bits per heavy atom. The fourth-order valence-corrected chi connectivity index (χ4v) is 5.10. The molecule has 2 rings (SSSR count). The molecule has 0 saturated carbocycles. The number of aromatic hydroxyl groups is 1. The highest BCUT2D eigenvalue weighted by Gasteiger charge is 2.40. The van der Waals surface area contributed by atoms with Crippen molar-refractivity contribution in [3.05, 3.63) is 29.8 Å². The van der Waals surface area contributed by atoms with Gasteiger partial charge in [0.05, 0.1) is 12.1 Å². The number of amides is 4. The van der Waals surface area contributed by atoms with Gasteiger partial charge >= 0.3 is 5.97 Å². The number of benzene rings is 1. The number of nitrogens with zero attached hydrogens (tertiary/aromatic N) is 1. The molecule has 0 aliphatic carbocycles. The number of hydrogen-bond acceptors (Lipinski definition) is 9. The number of phenols is 1. The molecule has 14 heteroatoms. The number of carbonyl (C=O) groups excluding carboxylic acids is 4. The Hall–Kier alpha value is -3.75. The van der Waals surface area contributed by atoms with Gasteiger partial charge in [-0.2, -0.15) is 0 Å². The lowest BCUT2D eigenvalue weighted by Crippen LogP contribution is -2.59. The Morgan fingerprint density at radius 2 is 1.61 bits per heavy atom. The molecule has 1 aliphatic rings. The molecule has 10 N–H and O–H groups in total. The van der Waals surface area contributed by atoms with Gasteiger partial charge in [-0.05, 0) is 69.2 Å². The first-order valence-electron chi connectivity index (χ1n) is 15.1. The van der Waals surface area contributed by atoms with Crippen molar-refractivity contribution in [3.63, 3.8) is 0 Å². The monoisotopic (exact) mass is 620 g/mol. The summed E-state index contributed by atoms with van der Waals surface area (Å²) >= 11 is 0. The minimum atomic E-state index is -1.54. The third-order valence-electron chi connectivity index (χ3n) is 7.52. The fourth-order valence-electron chi connectivity index (χ4n) is 5.10. The van der Waals surface area contributed by atoms with E-state index in [1.54, 1.807) is 12.1 Å². The van der Waals surface area contributed by atoms with Crippen LogP contribution in [0.1, 0.15) is 64.9 Å². The smallest absolute Gasteiger partial charge is 0.328 e. The largest absolute Gasteiger partial charge is 0.508 e. The zero-order valence-electron chi connectivity index (χ0n) is 25.7. The number of aliphatic carboxylic acids is 1. The number of unbranched alkanes of at least 4 members (excludes halogenated alkanes) is 1. The molecule has 0 spiro atoms. The van der Waals surface area contributed by atoms with Crippen molar-refractivity contribution < 1.29 is 39.3 Å². The summed E-state index contributed by atoms with van der Waals surface area (Å²) in [6.07, 6.45) is 1.42. The van der Waals surface area contributed by atoms with Gasteiger partial charge in [0.25, 0.3) is 0 Å². The van der Waals surface area contributed by atoms with Crippen LogP contribution in [0.2, 0.25) is 0 Å². The molecule has 1 fully saturated rings. The van der Waals surface area contributed by atoms with Crippen LogP contribution in [-0.4, -0.2) is 99.2 Å². The Morgan fingerprint density at radius 1 is 0.977 bits per heavy atom. The van der Waals surface area contributed by atoms with Crippen LogP contribution < -0.4 is 27.4 Å². The molecular weight excluding hydrogens is 572 g/mol. The quantitative estimate of drug-likeness (QED) is 0.102. The van der Waals surface area contributed by atoms with E-state index in [-0.39, 0.29) is 37.5 Å². The highest BCUT2D eigenvalue weighted by Crippen LogP contribution is 2.21. The molecule has 0 aromatic heterocycles. The van der Waals surface area contributed by atoms with Crippen molar-refractivity contribution in [3.8, 4) is 5.75 Å². The number of nitrogens with one attached hydrogen (secondary N) is 3.